The maximum atomic E-state index is 5.71. The van der Waals surface area contributed by atoms with E-state index in [-0.39, 0.29) is 0 Å². The van der Waals surface area contributed by atoms with Crippen LogP contribution in [0, 0.1) is 0 Å². The molecule has 0 radical (unpaired) electrons. The molecule has 0 amide bonds. The molecule has 0 aliphatic carbocycles. The zero-order valence-electron chi connectivity index (χ0n) is 25.5. The van der Waals surface area contributed by atoms with Gasteiger partial charge in [-0.3, -0.25) is 0 Å². The first-order valence-electron chi connectivity index (χ1n) is 17.2. The van der Waals surface area contributed by atoms with Gasteiger partial charge in [0.2, 0.25) is 0 Å². The second-order valence-electron chi connectivity index (χ2n) is 11.6. The van der Waals surface area contributed by atoms with Gasteiger partial charge in [0, 0.05) is 13.2 Å². The van der Waals surface area contributed by atoms with Crippen LogP contribution in [-0.2, 0) is 4.74 Å². The fraction of sp³-hybridized carbons (Fsp3) is 1.00. The summed E-state index contributed by atoms with van der Waals surface area (Å²) in [6, 6.07) is 0. The molecule has 0 rings (SSSR count). The molecule has 2 nitrogen and oxygen atoms in total. The predicted molar refractivity (Wildman–Crippen MR) is 164 cm³/mol. The number of ether oxygens (including phenoxy) is 1. The molecule has 36 heavy (non-hydrogen) atoms. The average Bonchev–Trinajstić information content (AvgIpc) is 2.89. The van der Waals surface area contributed by atoms with Crippen molar-refractivity contribution in [1.29, 1.82) is 0 Å². The van der Waals surface area contributed by atoms with Crippen LogP contribution in [-0.4, -0.2) is 26.3 Å². The first-order valence-corrected chi connectivity index (χ1v) is 17.2. The smallest absolute Gasteiger partial charge is 0.0590 e. The summed E-state index contributed by atoms with van der Waals surface area (Å²) >= 11 is 0. The topological polar surface area (TPSA) is 21.3 Å². The van der Waals surface area contributed by atoms with Crippen LogP contribution in [0.3, 0.4) is 0 Å². The molecule has 0 aromatic rings. The molecular formula is C34H71NO. The van der Waals surface area contributed by atoms with Crippen LogP contribution in [0.25, 0.3) is 0 Å². The van der Waals surface area contributed by atoms with Gasteiger partial charge in [-0.1, -0.05) is 181 Å². The number of hydrogen-bond donors (Lipinski definition) is 1. The van der Waals surface area contributed by atoms with E-state index in [1.54, 1.807) is 0 Å². The lowest BCUT2D eigenvalue weighted by Gasteiger charge is -2.06. The molecular weight excluding hydrogens is 438 g/mol. The van der Waals surface area contributed by atoms with E-state index < -0.39 is 0 Å². The third kappa shape index (κ3) is 33.9. The number of nitrogens with one attached hydrogen (secondary N) is 1. The van der Waals surface area contributed by atoms with Gasteiger partial charge in [-0.05, 0) is 19.4 Å². The van der Waals surface area contributed by atoms with Crippen LogP contribution in [0.1, 0.15) is 194 Å². The predicted octanol–water partition coefficient (Wildman–Crippen LogP) is 11.6. The summed E-state index contributed by atoms with van der Waals surface area (Å²) in [6.45, 7) is 8.53. The normalized spacial score (nSPS) is 11.5. The Morgan fingerprint density at radius 3 is 0.944 bits per heavy atom. The summed E-state index contributed by atoms with van der Waals surface area (Å²) in [5, 5.41) is 3.43. The highest BCUT2D eigenvalue weighted by atomic mass is 16.5. The molecule has 0 fully saturated rings. The molecule has 0 aromatic carbocycles. The van der Waals surface area contributed by atoms with E-state index in [2.05, 4.69) is 19.2 Å². The largest absolute Gasteiger partial charge is 0.380 e. The molecule has 0 saturated heterocycles. The van der Waals surface area contributed by atoms with Crippen LogP contribution < -0.4 is 5.32 Å². The van der Waals surface area contributed by atoms with Gasteiger partial charge >= 0.3 is 0 Å². The van der Waals surface area contributed by atoms with Gasteiger partial charge in [-0.25, -0.2) is 0 Å². The van der Waals surface area contributed by atoms with Crippen molar-refractivity contribution >= 4 is 0 Å². The van der Waals surface area contributed by atoms with Gasteiger partial charge in [0.05, 0.1) is 6.61 Å². The molecule has 0 bridgehead atoms. The van der Waals surface area contributed by atoms with Crippen molar-refractivity contribution in [2.75, 3.05) is 26.3 Å². The minimum atomic E-state index is 0.878. The zero-order valence-corrected chi connectivity index (χ0v) is 25.5. The fourth-order valence-corrected chi connectivity index (χ4v) is 5.19. The molecule has 0 aliphatic heterocycles. The Hall–Kier alpha value is -0.0800. The summed E-state index contributed by atoms with van der Waals surface area (Å²) in [4.78, 5) is 0. The molecule has 1 N–H and O–H groups in total. The first kappa shape index (κ1) is 35.9. The van der Waals surface area contributed by atoms with Crippen LogP contribution in [0.5, 0.6) is 0 Å². The van der Waals surface area contributed by atoms with Gasteiger partial charge in [0.15, 0.2) is 0 Å². The zero-order chi connectivity index (χ0) is 26.0. The van der Waals surface area contributed by atoms with E-state index in [1.807, 2.05) is 0 Å². The minimum Gasteiger partial charge on any atom is -0.380 e. The molecule has 2 heteroatoms. The van der Waals surface area contributed by atoms with Gasteiger partial charge in [0.25, 0.3) is 0 Å². The van der Waals surface area contributed by atoms with Crippen LogP contribution in [0.2, 0.25) is 0 Å². The maximum absolute atomic E-state index is 5.71. The molecule has 0 unspecified atom stereocenters. The second kappa shape index (κ2) is 34.9. The fourth-order valence-electron chi connectivity index (χ4n) is 5.19. The Morgan fingerprint density at radius 1 is 0.306 bits per heavy atom. The molecule has 0 aromatic heterocycles. The number of hydrogen-bond acceptors (Lipinski definition) is 2. The highest BCUT2D eigenvalue weighted by Gasteiger charge is 1.97. The maximum Gasteiger partial charge on any atom is 0.0590 e. The van der Waals surface area contributed by atoms with Crippen LogP contribution in [0.15, 0.2) is 0 Å². The highest BCUT2D eigenvalue weighted by Crippen LogP contribution is 2.16. The first-order chi connectivity index (χ1) is 17.9. The van der Waals surface area contributed by atoms with Crippen LogP contribution >= 0.6 is 0 Å². The van der Waals surface area contributed by atoms with Crippen molar-refractivity contribution in [3.8, 4) is 0 Å². The SMILES string of the molecule is CCCCCCCCCCCCCCCCCCCCCCCCCCCCOCCNCCCC. The van der Waals surface area contributed by atoms with E-state index in [0.717, 1.165) is 26.3 Å². The van der Waals surface area contributed by atoms with Crippen molar-refractivity contribution in [3.05, 3.63) is 0 Å². The Bertz CT molecular complexity index is 325. The van der Waals surface area contributed by atoms with Gasteiger partial charge in [-0.2, -0.15) is 0 Å². The lowest BCUT2D eigenvalue weighted by Crippen LogP contribution is -2.20. The van der Waals surface area contributed by atoms with E-state index >= 15 is 0 Å². The molecule has 0 saturated carbocycles. The second-order valence-corrected chi connectivity index (χ2v) is 11.6. The Labute approximate surface area is 229 Å². The van der Waals surface area contributed by atoms with E-state index in [9.17, 15) is 0 Å². The van der Waals surface area contributed by atoms with Crippen molar-refractivity contribution < 1.29 is 4.74 Å². The third-order valence-corrected chi connectivity index (χ3v) is 7.77. The Kier molecular flexibility index (Phi) is 34.8. The summed E-state index contributed by atoms with van der Waals surface area (Å²) in [7, 11) is 0. The molecule has 0 spiro atoms. The summed E-state index contributed by atoms with van der Waals surface area (Å²) in [5.41, 5.74) is 0. The van der Waals surface area contributed by atoms with Gasteiger partial charge < -0.3 is 10.1 Å². The van der Waals surface area contributed by atoms with Crippen molar-refractivity contribution in [2.24, 2.45) is 0 Å². The standard InChI is InChI=1S/C34H71NO/c1-3-5-7-8-9-10-11-12-13-14-15-16-17-18-19-20-21-22-23-24-25-26-27-28-29-30-33-36-34-32-35-31-6-4-2/h35H,3-34H2,1-2H3. The lowest BCUT2D eigenvalue weighted by molar-refractivity contribution is 0.131. The van der Waals surface area contributed by atoms with Gasteiger partial charge in [-0.15, -0.1) is 0 Å². The van der Waals surface area contributed by atoms with E-state index in [0.29, 0.717) is 0 Å². The van der Waals surface area contributed by atoms with E-state index in [1.165, 1.54) is 180 Å². The van der Waals surface area contributed by atoms with Crippen molar-refractivity contribution in [2.45, 2.75) is 194 Å². The molecule has 0 atom stereocenters. The van der Waals surface area contributed by atoms with Crippen molar-refractivity contribution in [1.82, 2.24) is 5.32 Å². The van der Waals surface area contributed by atoms with Crippen LogP contribution in [0.4, 0.5) is 0 Å². The summed E-state index contributed by atoms with van der Waals surface area (Å²) < 4.78 is 5.71. The summed E-state index contributed by atoms with van der Waals surface area (Å²) in [6.07, 6.45) is 40.3. The van der Waals surface area contributed by atoms with Crippen molar-refractivity contribution in [3.63, 3.8) is 0 Å². The monoisotopic (exact) mass is 510 g/mol. The minimum absolute atomic E-state index is 0.878. The van der Waals surface area contributed by atoms with Gasteiger partial charge in [0.1, 0.15) is 0 Å². The number of unbranched alkanes of at least 4 members (excludes halogenated alkanes) is 26. The van der Waals surface area contributed by atoms with E-state index in [4.69, 9.17) is 4.74 Å². The highest BCUT2D eigenvalue weighted by molar-refractivity contribution is 4.52. The number of rotatable bonds is 33. The molecule has 0 heterocycles. The third-order valence-electron chi connectivity index (χ3n) is 7.77. The Balaban J connectivity index is 3.00. The summed E-state index contributed by atoms with van der Waals surface area (Å²) in [5.74, 6) is 0. The Morgan fingerprint density at radius 2 is 0.611 bits per heavy atom. The molecule has 218 valence electrons. The average molecular weight is 510 g/mol. The lowest BCUT2D eigenvalue weighted by atomic mass is 10.0. The molecule has 0 aliphatic rings. The quantitative estimate of drug-likeness (QED) is 0.0888.